The van der Waals surface area contributed by atoms with E-state index < -0.39 is 38.7 Å². The van der Waals surface area contributed by atoms with Crippen molar-refractivity contribution >= 4 is 15.7 Å². The smallest absolute Gasteiger partial charge is 0.393 e. The van der Waals surface area contributed by atoms with E-state index in [1.165, 1.54) is 12.1 Å². The molecule has 4 rings (SSSR count). The van der Waals surface area contributed by atoms with E-state index in [0.29, 0.717) is 12.8 Å². The van der Waals surface area contributed by atoms with Gasteiger partial charge in [-0.1, -0.05) is 0 Å². The summed E-state index contributed by atoms with van der Waals surface area (Å²) in [6.45, 7) is 0.0778. The fraction of sp³-hybridized carbons (Fsp3) is 0.562. The van der Waals surface area contributed by atoms with Crippen LogP contribution in [0.5, 0.6) is 0 Å². The Labute approximate surface area is 142 Å². The highest BCUT2D eigenvalue weighted by molar-refractivity contribution is 7.93. The van der Waals surface area contributed by atoms with E-state index in [0.717, 1.165) is 16.4 Å². The van der Waals surface area contributed by atoms with Crippen LogP contribution in [0.3, 0.4) is 0 Å². The number of halogens is 3. The zero-order chi connectivity index (χ0) is 18.1. The molecule has 5 nitrogen and oxygen atoms in total. The summed E-state index contributed by atoms with van der Waals surface area (Å²) in [5.41, 5.74) is -1.75. The summed E-state index contributed by atoms with van der Waals surface area (Å²) >= 11 is 0. The number of nitrogens with zero attached hydrogens (tertiary/aromatic N) is 2. The summed E-state index contributed by atoms with van der Waals surface area (Å²) in [5.74, 6) is -0.514. The maximum Gasteiger partial charge on any atom is 0.417 e. The minimum absolute atomic E-state index is 0.0744. The zero-order valence-corrected chi connectivity index (χ0v) is 13.8. The van der Waals surface area contributed by atoms with Crippen LogP contribution in [0.1, 0.15) is 24.0 Å². The van der Waals surface area contributed by atoms with Crippen LogP contribution in [0.25, 0.3) is 0 Å². The summed E-state index contributed by atoms with van der Waals surface area (Å²) in [7, 11) is -3.78. The van der Waals surface area contributed by atoms with E-state index in [-0.39, 0.29) is 30.0 Å². The topological polar surface area (TPSA) is 81.4 Å². The minimum atomic E-state index is -4.74. The van der Waals surface area contributed by atoms with Gasteiger partial charge in [-0.25, -0.2) is 8.42 Å². The molecule has 1 heterocycles. The molecule has 2 aliphatic carbocycles. The molecule has 0 radical (unpaired) electrons. The van der Waals surface area contributed by atoms with Crippen LogP contribution in [0.4, 0.5) is 18.9 Å². The number of sulfonamides is 1. The van der Waals surface area contributed by atoms with E-state index in [2.05, 4.69) is 0 Å². The molecule has 1 N–H and O–H groups in total. The molecule has 1 aromatic carbocycles. The van der Waals surface area contributed by atoms with Crippen LogP contribution < -0.4 is 4.31 Å². The highest BCUT2D eigenvalue weighted by Gasteiger charge is 2.62. The van der Waals surface area contributed by atoms with Crippen LogP contribution >= 0.6 is 0 Å². The van der Waals surface area contributed by atoms with Gasteiger partial charge in [-0.2, -0.15) is 18.4 Å². The van der Waals surface area contributed by atoms with Crippen molar-refractivity contribution in [1.29, 1.82) is 5.26 Å². The molecular weight excluding hydrogens is 357 g/mol. The first-order chi connectivity index (χ1) is 11.6. The number of aliphatic hydroxyl groups is 1. The lowest BCUT2D eigenvalue weighted by Crippen LogP contribution is -2.36. The monoisotopic (exact) mass is 372 g/mol. The van der Waals surface area contributed by atoms with E-state index in [1.807, 2.05) is 0 Å². The van der Waals surface area contributed by atoms with E-state index >= 15 is 0 Å². The van der Waals surface area contributed by atoms with Crippen molar-refractivity contribution < 1.29 is 26.7 Å². The van der Waals surface area contributed by atoms with Crippen LogP contribution in [-0.2, 0) is 16.2 Å². The van der Waals surface area contributed by atoms with Crippen LogP contribution in [0.15, 0.2) is 18.2 Å². The fourth-order valence-electron chi connectivity index (χ4n) is 4.83. The molecular formula is C16H15F3N2O3S. The van der Waals surface area contributed by atoms with Crippen LogP contribution in [-0.4, -0.2) is 31.4 Å². The third-order valence-electron chi connectivity index (χ3n) is 5.79. The molecule has 0 spiro atoms. The highest BCUT2D eigenvalue weighted by Crippen LogP contribution is 2.56. The van der Waals surface area contributed by atoms with Gasteiger partial charge in [-0.05, 0) is 42.9 Å². The Morgan fingerprint density at radius 2 is 1.96 bits per heavy atom. The van der Waals surface area contributed by atoms with Gasteiger partial charge in [0.2, 0.25) is 10.0 Å². The molecule has 3 fully saturated rings. The average Bonchev–Trinajstić information content (AvgIpc) is 3.15. The Morgan fingerprint density at radius 1 is 1.24 bits per heavy atom. The van der Waals surface area contributed by atoms with Gasteiger partial charge in [0.05, 0.1) is 34.2 Å². The third-order valence-corrected chi connectivity index (χ3v) is 8.19. The van der Waals surface area contributed by atoms with Gasteiger partial charge in [-0.3, -0.25) is 4.31 Å². The van der Waals surface area contributed by atoms with Crippen molar-refractivity contribution in [3.05, 3.63) is 29.3 Å². The first-order valence-corrected chi connectivity index (χ1v) is 9.46. The van der Waals surface area contributed by atoms with Crippen LogP contribution in [0, 0.1) is 29.1 Å². The second kappa shape index (κ2) is 5.11. The first-order valence-electron chi connectivity index (χ1n) is 7.95. The summed E-state index contributed by atoms with van der Waals surface area (Å²) in [6, 6.07) is 4.47. The minimum Gasteiger partial charge on any atom is -0.393 e. The van der Waals surface area contributed by atoms with Gasteiger partial charge in [0, 0.05) is 12.5 Å². The summed E-state index contributed by atoms with van der Waals surface area (Å²) in [6.07, 6.45) is -4.19. The fourth-order valence-corrected chi connectivity index (χ4v) is 7.35. The summed E-state index contributed by atoms with van der Waals surface area (Å²) < 4.78 is 66.3. The van der Waals surface area contributed by atoms with Gasteiger partial charge >= 0.3 is 6.18 Å². The molecule has 2 saturated carbocycles. The van der Waals surface area contributed by atoms with E-state index in [4.69, 9.17) is 5.26 Å². The Hall–Kier alpha value is -1.79. The van der Waals surface area contributed by atoms with Crippen molar-refractivity contribution in [2.75, 3.05) is 10.8 Å². The number of hydrogen-bond acceptors (Lipinski definition) is 4. The molecule has 9 heteroatoms. The zero-order valence-electron chi connectivity index (χ0n) is 12.9. The van der Waals surface area contributed by atoms with Gasteiger partial charge in [0.25, 0.3) is 0 Å². The predicted octanol–water partition coefficient (Wildman–Crippen LogP) is 2.11. The van der Waals surface area contributed by atoms with Crippen LogP contribution in [0.2, 0.25) is 0 Å². The number of nitriles is 1. The van der Waals surface area contributed by atoms with Crippen molar-refractivity contribution in [1.82, 2.24) is 0 Å². The highest BCUT2D eigenvalue weighted by atomic mass is 32.2. The molecule has 1 saturated heterocycles. The normalized spacial score (nSPS) is 35.6. The number of aliphatic hydroxyl groups excluding tert-OH is 1. The molecule has 0 unspecified atom stereocenters. The molecule has 25 heavy (non-hydrogen) atoms. The van der Waals surface area contributed by atoms with Crippen molar-refractivity contribution in [2.24, 2.45) is 17.8 Å². The molecule has 1 aliphatic heterocycles. The first kappa shape index (κ1) is 16.7. The van der Waals surface area contributed by atoms with Gasteiger partial charge in [-0.15, -0.1) is 0 Å². The van der Waals surface area contributed by atoms with Gasteiger partial charge in [0.15, 0.2) is 0 Å². The standard InChI is InChI=1S/C16H15F3N2O3S/c17-16(18,19)13-5-10(2-1-8(13)6-20)21-7-12-11-3-9(4-14(11)22)15(12)25(21,23)24/h1-2,5,9,11-12,14-15,22H,3-4,7H2/t9-,11+,12+,14-,15-/m1/s1. The molecule has 0 amide bonds. The van der Waals surface area contributed by atoms with E-state index in [9.17, 15) is 26.7 Å². The lowest BCUT2D eigenvalue weighted by atomic mass is 9.86. The third kappa shape index (κ3) is 2.27. The predicted molar refractivity (Wildman–Crippen MR) is 81.9 cm³/mol. The quantitative estimate of drug-likeness (QED) is 0.819. The molecule has 134 valence electrons. The molecule has 3 aliphatic rings. The Morgan fingerprint density at radius 3 is 2.60 bits per heavy atom. The largest absolute Gasteiger partial charge is 0.417 e. The average molecular weight is 372 g/mol. The Kier molecular flexibility index (Phi) is 3.41. The van der Waals surface area contributed by atoms with Gasteiger partial charge in [0.1, 0.15) is 0 Å². The van der Waals surface area contributed by atoms with E-state index in [1.54, 1.807) is 0 Å². The number of benzene rings is 1. The SMILES string of the molecule is N#Cc1ccc(N2C[C@H]3[C@@H]4C[C@H](C[C@H]4O)[C@H]3S2(=O)=O)cc1C(F)(F)F. The lowest BCUT2D eigenvalue weighted by molar-refractivity contribution is -0.137. The summed E-state index contributed by atoms with van der Waals surface area (Å²) in [5, 5.41) is 18.3. The Bertz CT molecular complexity index is 878. The van der Waals surface area contributed by atoms with Crippen molar-refractivity contribution in [3.63, 3.8) is 0 Å². The lowest BCUT2D eigenvalue weighted by Gasteiger charge is -2.25. The molecule has 5 atom stereocenters. The number of alkyl halides is 3. The number of fused-ring (bicyclic) bond motifs is 5. The number of hydrogen-bond donors (Lipinski definition) is 1. The second-order valence-electron chi connectivity index (χ2n) is 7.01. The maximum atomic E-state index is 13.2. The second-order valence-corrected chi connectivity index (χ2v) is 9.02. The molecule has 1 aromatic rings. The van der Waals surface area contributed by atoms with Crippen molar-refractivity contribution in [3.8, 4) is 6.07 Å². The number of anilines is 1. The molecule has 0 aromatic heterocycles. The summed E-state index contributed by atoms with van der Waals surface area (Å²) in [4.78, 5) is 0. The van der Waals surface area contributed by atoms with Crippen molar-refractivity contribution in [2.45, 2.75) is 30.4 Å². The Balaban J connectivity index is 1.76. The van der Waals surface area contributed by atoms with Gasteiger partial charge < -0.3 is 5.11 Å². The molecule has 2 bridgehead atoms. The number of rotatable bonds is 1. The maximum absolute atomic E-state index is 13.2.